The number of benzene rings is 2. The first-order valence-corrected chi connectivity index (χ1v) is 9.77. The molecule has 0 aliphatic rings. The molecular formula is C18H14N4O2S2. The van der Waals surface area contributed by atoms with Gasteiger partial charge in [-0.1, -0.05) is 65.5 Å². The van der Waals surface area contributed by atoms with Crippen LogP contribution in [0, 0.1) is 0 Å². The molecule has 0 atom stereocenters. The predicted octanol–water partition coefficient (Wildman–Crippen LogP) is 4.71. The molecule has 6 nitrogen and oxygen atoms in total. The van der Waals surface area contributed by atoms with Crippen molar-refractivity contribution >= 4 is 45.0 Å². The Kier molecular flexibility index (Phi) is 4.68. The zero-order valence-corrected chi connectivity index (χ0v) is 15.4. The second-order valence-electron chi connectivity index (χ2n) is 5.37. The minimum Gasteiger partial charge on any atom is -0.355 e. The maximum Gasteiger partial charge on any atom is 0.257 e. The average molecular weight is 382 g/mol. The van der Waals surface area contributed by atoms with Gasteiger partial charge >= 0.3 is 0 Å². The molecule has 0 bridgehead atoms. The van der Waals surface area contributed by atoms with E-state index in [2.05, 4.69) is 20.7 Å². The molecule has 1 amide bonds. The van der Waals surface area contributed by atoms with Crippen molar-refractivity contribution in [2.75, 3.05) is 11.1 Å². The molecule has 0 spiro atoms. The van der Waals surface area contributed by atoms with Crippen LogP contribution < -0.4 is 5.32 Å². The van der Waals surface area contributed by atoms with E-state index in [1.807, 2.05) is 37.3 Å². The number of hydrogen-bond donors (Lipinski definition) is 1. The fourth-order valence-electron chi connectivity index (χ4n) is 2.49. The number of thioether (sulfide) groups is 1. The quantitative estimate of drug-likeness (QED) is 0.398. The van der Waals surface area contributed by atoms with E-state index in [1.54, 1.807) is 30.0 Å². The summed E-state index contributed by atoms with van der Waals surface area (Å²) in [6.45, 7) is 2.04. The Morgan fingerprint density at radius 1 is 1.19 bits per heavy atom. The molecule has 0 radical (unpaired) electrons. The van der Waals surface area contributed by atoms with E-state index in [4.69, 9.17) is 4.52 Å². The lowest BCUT2D eigenvalue weighted by atomic mass is 10.1. The second kappa shape index (κ2) is 7.27. The first-order valence-electron chi connectivity index (χ1n) is 7.97. The number of carbonyl (C=O) groups is 1. The van der Waals surface area contributed by atoms with Crippen LogP contribution >= 0.6 is 23.1 Å². The molecule has 0 aliphatic heterocycles. The maximum absolute atomic E-state index is 12.6. The van der Waals surface area contributed by atoms with Crippen molar-refractivity contribution < 1.29 is 9.32 Å². The SMILES string of the molecule is CCSc1nnc(NC(=O)c2ccc3noc(-c4ccccc4)c3c2)s1. The lowest BCUT2D eigenvalue weighted by Gasteiger charge is -2.02. The van der Waals surface area contributed by atoms with Crippen LogP contribution in [0.25, 0.3) is 22.2 Å². The summed E-state index contributed by atoms with van der Waals surface area (Å²) in [6.07, 6.45) is 0. The molecule has 8 heteroatoms. The zero-order valence-electron chi connectivity index (χ0n) is 13.8. The van der Waals surface area contributed by atoms with E-state index < -0.39 is 0 Å². The highest BCUT2D eigenvalue weighted by molar-refractivity contribution is 8.01. The number of carbonyl (C=O) groups excluding carboxylic acids is 1. The zero-order chi connectivity index (χ0) is 17.9. The molecule has 1 N–H and O–H groups in total. The van der Waals surface area contributed by atoms with Gasteiger partial charge in [0.2, 0.25) is 5.13 Å². The van der Waals surface area contributed by atoms with Crippen LogP contribution in [0.5, 0.6) is 0 Å². The van der Waals surface area contributed by atoms with Crippen LogP contribution in [0.1, 0.15) is 17.3 Å². The van der Waals surface area contributed by atoms with Crippen molar-refractivity contribution in [3.8, 4) is 11.3 Å². The molecule has 26 heavy (non-hydrogen) atoms. The maximum atomic E-state index is 12.6. The highest BCUT2D eigenvalue weighted by Crippen LogP contribution is 2.30. The summed E-state index contributed by atoms with van der Waals surface area (Å²) >= 11 is 2.96. The van der Waals surface area contributed by atoms with Crippen LogP contribution in [-0.2, 0) is 0 Å². The highest BCUT2D eigenvalue weighted by Gasteiger charge is 2.15. The summed E-state index contributed by atoms with van der Waals surface area (Å²) in [6, 6.07) is 15.0. The second-order valence-corrected chi connectivity index (χ2v) is 7.86. The Morgan fingerprint density at radius 3 is 2.85 bits per heavy atom. The molecule has 0 fully saturated rings. The molecule has 0 saturated carbocycles. The fourth-order valence-corrected chi connectivity index (χ4v) is 4.14. The molecule has 2 aromatic heterocycles. The number of anilines is 1. The van der Waals surface area contributed by atoms with Gasteiger partial charge in [-0.05, 0) is 24.0 Å². The van der Waals surface area contributed by atoms with Crippen LogP contribution in [0.3, 0.4) is 0 Å². The van der Waals surface area contributed by atoms with Gasteiger partial charge in [-0.25, -0.2) is 0 Å². The van der Waals surface area contributed by atoms with Gasteiger partial charge in [0, 0.05) is 11.1 Å². The normalized spacial score (nSPS) is 11.0. The predicted molar refractivity (Wildman–Crippen MR) is 104 cm³/mol. The third-order valence-electron chi connectivity index (χ3n) is 3.67. The Labute approximate surface area is 157 Å². The van der Waals surface area contributed by atoms with E-state index in [1.165, 1.54) is 11.3 Å². The summed E-state index contributed by atoms with van der Waals surface area (Å²) in [4.78, 5) is 12.6. The monoisotopic (exact) mass is 382 g/mol. The Balaban J connectivity index is 1.63. The number of aromatic nitrogens is 3. The molecule has 4 rings (SSSR count). The highest BCUT2D eigenvalue weighted by atomic mass is 32.2. The molecule has 0 saturated heterocycles. The summed E-state index contributed by atoms with van der Waals surface area (Å²) in [5, 5.41) is 16.2. The van der Waals surface area contributed by atoms with Crippen LogP contribution in [0.4, 0.5) is 5.13 Å². The van der Waals surface area contributed by atoms with Gasteiger partial charge in [-0.15, -0.1) is 10.2 Å². The van der Waals surface area contributed by atoms with Crippen molar-refractivity contribution in [1.29, 1.82) is 0 Å². The Morgan fingerprint density at radius 2 is 2.04 bits per heavy atom. The summed E-state index contributed by atoms with van der Waals surface area (Å²) in [5.74, 6) is 1.32. The van der Waals surface area contributed by atoms with Gasteiger partial charge in [-0.2, -0.15) is 0 Å². The number of rotatable bonds is 5. The van der Waals surface area contributed by atoms with Gasteiger partial charge < -0.3 is 4.52 Å². The molecule has 2 aromatic carbocycles. The van der Waals surface area contributed by atoms with E-state index in [-0.39, 0.29) is 5.91 Å². The standard InChI is InChI=1S/C18H14N4O2S2/c1-2-25-18-21-20-17(26-18)19-16(23)12-8-9-14-13(10-12)15(24-22-14)11-6-4-3-5-7-11/h3-10H,2H2,1H3,(H,19,20,23). The Bertz CT molecular complexity index is 1060. The molecule has 0 aliphatic carbocycles. The van der Waals surface area contributed by atoms with Gasteiger partial charge in [0.05, 0.1) is 5.39 Å². The third-order valence-corrected chi connectivity index (χ3v) is 5.52. The summed E-state index contributed by atoms with van der Waals surface area (Å²) < 4.78 is 6.32. The number of fused-ring (bicyclic) bond motifs is 1. The van der Waals surface area contributed by atoms with E-state index in [0.29, 0.717) is 22.0 Å². The number of nitrogens with zero attached hydrogens (tertiary/aromatic N) is 3. The van der Waals surface area contributed by atoms with Gasteiger partial charge in [0.15, 0.2) is 10.1 Å². The molecule has 4 aromatic rings. The van der Waals surface area contributed by atoms with Crippen molar-refractivity contribution in [1.82, 2.24) is 15.4 Å². The number of hydrogen-bond acceptors (Lipinski definition) is 7. The first-order chi connectivity index (χ1) is 12.7. The van der Waals surface area contributed by atoms with Crippen molar-refractivity contribution in [2.45, 2.75) is 11.3 Å². The summed E-state index contributed by atoms with van der Waals surface area (Å²) in [7, 11) is 0. The van der Waals surface area contributed by atoms with Crippen molar-refractivity contribution in [3.63, 3.8) is 0 Å². The molecule has 0 unspecified atom stereocenters. The van der Waals surface area contributed by atoms with Gasteiger partial charge in [0.25, 0.3) is 5.91 Å². The molecular weight excluding hydrogens is 368 g/mol. The van der Waals surface area contributed by atoms with Gasteiger partial charge in [-0.3, -0.25) is 10.1 Å². The first kappa shape index (κ1) is 16.7. The third kappa shape index (κ3) is 3.33. The minimum atomic E-state index is -0.240. The van der Waals surface area contributed by atoms with E-state index in [0.717, 1.165) is 21.0 Å². The Hall–Kier alpha value is -2.71. The fraction of sp³-hybridized carbons (Fsp3) is 0.111. The summed E-state index contributed by atoms with van der Waals surface area (Å²) in [5.41, 5.74) is 2.13. The van der Waals surface area contributed by atoms with Crippen molar-refractivity contribution in [2.24, 2.45) is 0 Å². The lowest BCUT2D eigenvalue weighted by Crippen LogP contribution is -2.11. The van der Waals surface area contributed by atoms with E-state index >= 15 is 0 Å². The van der Waals surface area contributed by atoms with Crippen LogP contribution in [-0.4, -0.2) is 27.0 Å². The van der Waals surface area contributed by atoms with Crippen molar-refractivity contribution in [3.05, 3.63) is 54.1 Å². The van der Waals surface area contributed by atoms with E-state index in [9.17, 15) is 4.79 Å². The lowest BCUT2D eigenvalue weighted by molar-refractivity contribution is 0.102. The minimum absolute atomic E-state index is 0.240. The average Bonchev–Trinajstić information content (AvgIpc) is 3.29. The van der Waals surface area contributed by atoms with Crippen LogP contribution in [0.15, 0.2) is 57.4 Å². The topological polar surface area (TPSA) is 80.9 Å². The molecule has 130 valence electrons. The number of amides is 1. The molecule has 2 heterocycles. The number of nitrogens with one attached hydrogen (secondary N) is 1. The van der Waals surface area contributed by atoms with Gasteiger partial charge in [0.1, 0.15) is 5.52 Å². The smallest absolute Gasteiger partial charge is 0.257 e. The largest absolute Gasteiger partial charge is 0.355 e. The van der Waals surface area contributed by atoms with Crippen LogP contribution in [0.2, 0.25) is 0 Å².